The average molecular weight is 354 g/mol. The number of esters is 1. The predicted octanol–water partition coefficient (Wildman–Crippen LogP) is -0.646. The third-order valence-corrected chi connectivity index (χ3v) is 3.94. The van der Waals surface area contributed by atoms with Gasteiger partial charge in [0.15, 0.2) is 17.1 Å². The second kappa shape index (κ2) is 7.09. The molecule has 1 saturated carbocycles. The van der Waals surface area contributed by atoms with Crippen molar-refractivity contribution in [2.24, 2.45) is 0 Å². The van der Waals surface area contributed by atoms with Crippen LogP contribution in [0.4, 0.5) is 0 Å². The van der Waals surface area contributed by atoms with Crippen molar-refractivity contribution in [1.29, 1.82) is 0 Å². The molecule has 0 heterocycles. The van der Waals surface area contributed by atoms with Crippen molar-refractivity contribution in [1.82, 2.24) is 0 Å². The normalized spacial score (nSPS) is 29.5. The number of phenols is 2. The number of rotatable bonds is 4. The molecule has 1 aromatic carbocycles. The van der Waals surface area contributed by atoms with Crippen LogP contribution in [-0.2, 0) is 14.3 Å². The van der Waals surface area contributed by atoms with Gasteiger partial charge in [0, 0.05) is 18.9 Å². The Morgan fingerprint density at radius 2 is 1.84 bits per heavy atom. The minimum Gasteiger partial charge on any atom is -0.504 e. The molecule has 4 atom stereocenters. The lowest BCUT2D eigenvalue weighted by molar-refractivity contribution is -0.196. The Kier molecular flexibility index (Phi) is 5.31. The van der Waals surface area contributed by atoms with Crippen LogP contribution >= 0.6 is 0 Å². The standard InChI is InChI=1S/C16H18O9/c17-9-3-1-8(5-10(9)18)2-4-13(20)25-12-7-16(24,15(22)23)6-11(19)14(12)21/h1-5,11-12,14,17-19,21,24H,6-7H2,(H,22,23)/t11-,12-,14+,16-/m1/s1. The predicted molar refractivity (Wildman–Crippen MR) is 82.5 cm³/mol. The molecule has 6 N–H and O–H groups in total. The number of aromatic hydroxyl groups is 2. The van der Waals surface area contributed by atoms with E-state index in [9.17, 15) is 35.1 Å². The molecule has 0 saturated heterocycles. The number of phenolic OH excluding ortho intramolecular Hbond substituents is 2. The van der Waals surface area contributed by atoms with Gasteiger partial charge in [0.25, 0.3) is 0 Å². The zero-order valence-electron chi connectivity index (χ0n) is 12.9. The van der Waals surface area contributed by atoms with E-state index in [2.05, 4.69) is 0 Å². The van der Waals surface area contributed by atoms with E-state index in [0.717, 1.165) is 6.08 Å². The zero-order chi connectivity index (χ0) is 18.8. The van der Waals surface area contributed by atoms with Gasteiger partial charge in [0.05, 0.1) is 6.10 Å². The molecular formula is C16H18O9. The Morgan fingerprint density at radius 1 is 1.16 bits per heavy atom. The Labute approximate surface area is 142 Å². The molecule has 1 fully saturated rings. The van der Waals surface area contributed by atoms with Crippen molar-refractivity contribution in [3.05, 3.63) is 29.8 Å². The molecule has 0 aliphatic heterocycles. The molecule has 0 unspecified atom stereocenters. The maximum Gasteiger partial charge on any atom is 0.335 e. The Morgan fingerprint density at radius 3 is 2.44 bits per heavy atom. The molecule has 0 spiro atoms. The number of aliphatic hydroxyl groups excluding tert-OH is 2. The van der Waals surface area contributed by atoms with Crippen LogP contribution < -0.4 is 0 Å². The maximum atomic E-state index is 11.8. The number of ether oxygens (including phenoxy) is 1. The molecule has 136 valence electrons. The summed E-state index contributed by atoms with van der Waals surface area (Å²) in [6, 6.07) is 3.83. The van der Waals surface area contributed by atoms with Crippen LogP contribution in [0, 0.1) is 0 Å². The molecule has 0 amide bonds. The molecule has 25 heavy (non-hydrogen) atoms. The third kappa shape index (κ3) is 4.27. The highest BCUT2D eigenvalue weighted by Gasteiger charge is 2.50. The molecule has 0 aromatic heterocycles. The second-order valence-corrected chi connectivity index (χ2v) is 5.86. The van der Waals surface area contributed by atoms with Gasteiger partial charge in [0.2, 0.25) is 0 Å². The number of carboxylic acids is 1. The number of aliphatic carboxylic acids is 1. The SMILES string of the molecule is O=C(C=Cc1ccc(O)c(O)c1)O[C@@H]1C[C@@](O)(C(=O)O)C[C@@H](O)[C@@H]1O. The van der Waals surface area contributed by atoms with E-state index < -0.39 is 48.7 Å². The fourth-order valence-electron chi connectivity index (χ4n) is 2.53. The Hall–Kier alpha value is -2.62. The maximum absolute atomic E-state index is 11.8. The third-order valence-electron chi connectivity index (χ3n) is 3.94. The van der Waals surface area contributed by atoms with E-state index in [1.165, 1.54) is 24.3 Å². The summed E-state index contributed by atoms with van der Waals surface area (Å²) in [6.45, 7) is 0. The van der Waals surface area contributed by atoms with Crippen molar-refractivity contribution < 1.29 is 45.0 Å². The summed E-state index contributed by atoms with van der Waals surface area (Å²) >= 11 is 0. The highest BCUT2D eigenvalue weighted by Crippen LogP contribution is 2.31. The lowest BCUT2D eigenvalue weighted by Crippen LogP contribution is -2.57. The summed E-state index contributed by atoms with van der Waals surface area (Å²) in [6.07, 6.45) is -3.44. The Balaban J connectivity index is 2.06. The monoisotopic (exact) mass is 354 g/mol. The first kappa shape index (κ1) is 18.7. The lowest BCUT2D eigenvalue weighted by Gasteiger charge is -2.39. The minimum absolute atomic E-state index is 0.327. The van der Waals surface area contributed by atoms with Crippen molar-refractivity contribution in [2.45, 2.75) is 36.8 Å². The molecule has 2 rings (SSSR count). The highest BCUT2D eigenvalue weighted by atomic mass is 16.6. The first-order valence-electron chi connectivity index (χ1n) is 7.35. The van der Waals surface area contributed by atoms with Crippen LogP contribution in [-0.4, -0.2) is 66.5 Å². The van der Waals surface area contributed by atoms with Crippen molar-refractivity contribution in [3.8, 4) is 11.5 Å². The second-order valence-electron chi connectivity index (χ2n) is 5.86. The first-order chi connectivity index (χ1) is 11.6. The number of aliphatic hydroxyl groups is 3. The van der Waals surface area contributed by atoms with Crippen LogP contribution in [0.25, 0.3) is 6.08 Å². The van der Waals surface area contributed by atoms with Gasteiger partial charge in [-0.05, 0) is 23.8 Å². The molecule has 0 radical (unpaired) electrons. The quantitative estimate of drug-likeness (QED) is 0.234. The Bertz CT molecular complexity index is 699. The molecule has 1 aliphatic rings. The van der Waals surface area contributed by atoms with Gasteiger partial charge in [-0.15, -0.1) is 0 Å². The zero-order valence-corrected chi connectivity index (χ0v) is 12.9. The highest BCUT2D eigenvalue weighted by molar-refractivity contribution is 5.87. The van der Waals surface area contributed by atoms with Crippen LogP contribution in [0.3, 0.4) is 0 Å². The summed E-state index contributed by atoms with van der Waals surface area (Å²) in [5, 5.41) is 57.0. The van der Waals surface area contributed by atoms with Gasteiger partial charge in [0.1, 0.15) is 12.2 Å². The molecule has 0 bridgehead atoms. The smallest absolute Gasteiger partial charge is 0.335 e. The van der Waals surface area contributed by atoms with Crippen LogP contribution in [0.2, 0.25) is 0 Å². The van der Waals surface area contributed by atoms with Gasteiger partial charge >= 0.3 is 11.9 Å². The van der Waals surface area contributed by atoms with Gasteiger partial charge in [-0.2, -0.15) is 0 Å². The van der Waals surface area contributed by atoms with E-state index in [1.807, 2.05) is 0 Å². The van der Waals surface area contributed by atoms with E-state index in [0.29, 0.717) is 5.56 Å². The van der Waals surface area contributed by atoms with Gasteiger partial charge in [-0.1, -0.05) is 6.07 Å². The van der Waals surface area contributed by atoms with Crippen LogP contribution in [0.15, 0.2) is 24.3 Å². The largest absolute Gasteiger partial charge is 0.504 e. The van der Waals surface area contributed by atoms with Crippen LogP contribution in [0.1, 0.15) is 18.4 Å². The number of hydrogen-bond acceptors (Lipinski definition) is 8. The lowest BCUT2D eigenvalue weighted by atomic mass is 9.79. The molecule has 1 aromatic rings. The summed E-state index contributed by atoms with van der Waals surface area (Å²) < 4.78 is 4.92. The topological polar surface area (TPSA) is 165 Å². The van der Waals surface area contributed by atoms with Gasteiger partial charge in [-0.25, -0.2) is 9.59 Å². The van der Waals surface area contributed by atoms with Crippen molar-refractivity contribution in [2.75, 3.05) is 0 Å². The molecule has 9 nitrogen and oxygen atoms in total. The number of carboxylic acid groups (broad SMARTS) is 1. The van der Waals surface area contributed by atoms with Gasteiger partial charge in [-0.3, -0.25) is 0 Å². The van der Waals surface area contributed by atoms with Crippen LogP contribution in [0.5, 0.6) is 11.5 Å². The average Bonchev–Trinajstić information content (AvgIpc) is 2.53. The minimum atomic E-state index is -2.31. The van der Waals surface area contributed by atoms with Crippen molar-refractivity contribution >= 4 is 18.0 Å². The van der Waals surface area contributed by atoms with E-state index in [1.54, 1.807) is 0 Å². The van der Waals surface area contributed by atoms with Crippen molar-refractivity contribution in [3.63, 3.8) is 0 Å². The van der Waals surface area contributed by atoms with E-state index in [-0.39, 0.29) is 11.5 Å². The summed E-state index contributed by atoms with van der Waals surface area (Å²) in [5.41, 5.74) is -1.94. The number of carbonyl (C=O) groups excluding carboxylic acids is 1. The molecular weight excluding hydrogens is 336 g/mol. The van der Waals surface area contributed by atoms with E-state index >= 15 is 0 Å². The fraction of sp³-hybridized carbons (Fsp3) is 0.375. The number of benzene rings is 1. The summed E-state index contributed by atoms with van der Waals surface area (Å²) in [5.74, 6) is -3.24. The molecule has 1 aliphatic carbocycles. The summed E-state index contributed by atoms with van der Waals surface area (Å²) in [4.78, 5) is 22.9. The fourth-order valence-corrected chi connectivity index (χ4v) is 2.53. The first-order valence-corrected chi connectivity index (χ1v) is 7.35. The molecule has 9 heteroatoms. The summed E-state index contributed by atoms with van der Waals surface area (Å²) in [7, 11) is 0. The van der Waals surface area contributed by atoms with Gasteiger partial charge < -0.3 is 35.4 Å². The van der Waals surface area contributed by atoms with E-state index in [4.69, 9.17) is 9.84 Å². The number of carbonyl (C=O) groups is 2. The number of hydrogen-bond donors (Lipinski definition) is 6.